The molecule has 0 bridgehead atoms. The molecule has 2 aromatic rings. The number of benzene rings is 2. The molecule has 0 aromatic heterocycles. The number of rotatable bonds is 4. The van der Waals surface area contributed by atoms with Crippen molar-refractivity contribution in [2.75, 3.05) is 5.73 Å². The van der Waals surface area contributed by atoms with Crippen LogP contribution < -0.4 is 10.5 Å². The van der Waals surface area contributed by atoms with Gasteiger partial charge in [0.1, 0.15) is 4.90 Å². The van der Waals surface area contributed by atoms with Gasteiger partial charge in [0, 0.05) is 12.2 Å². The third-order valence-corrected chi connectivity index (χ3v) is 4.57. The first kappa shape index (κ1) is 15.8. The number of hydrogen-bond acceptors (Lipinski definition) is 3. The van der Waals surface area contributed by atoms with Gasteiger partial charge in [-0.15, -0.1) is 0 Å². The van der Waals surface area contributed by atoms with Crippen LogP contribution in [0.25, 0.3) is 0 Å². The van der Waals surface area contributed by atoms with Gasteiger partial charge in [-0.2, -0.15) is 0 Å². The van der Waals surface area contributed by atoms with Crippen molar-refractivity contribution in [1.82, 2.24) is 4.72 Å². The molecule has 0 aliphatic rings. The monoisotopic (exact) mass is 328 g/mol. The molecule has 2 aromatic carbocycles. The maximum absolute atomic E-state index is 13.8. The fourth-order valence-corrected chi connectivity index (χ4v) is 3.17. The van der Waals surface area contributed by atoms with Crippen LogP contribution in [0, 0.1) is 12.7 Å². The number of nitrogen functional groups attached to an aromatic ring is 1. The van der Waals surface area contributed by atoms with Gasteiger partial charge in [0.05, 0.1) is 5.02 Å². The van der Waals surface area contributed by atoms with Crippen molar-refractivity contribution in [3.05, 3.63) is 58.4 Å². The summed E-state index contributed by atoms with van der Waals surface area (Å²) in [5, 5.41) is -0.328. The van der Waals surface area contributed by atoms with Crippen molar-refractivity contribution in [2.45, 2.75) is 18.4 Å². The fraction of sp³-hybridized carbons (Fsp3) is 0.143. The van der Waals surface area contributed by atoms with Gasteiger partial charge < -0.3 is 5.73 Å². The Morgan fingerprint density at radius 3 is 2.48 bits per heavy atom. The van der Waals surface area contributed by atoms with Crippen LogP contribution in [0.15, 0.2) is 41.3 Å². The minimum absolute atomic E-state index is 0.0501. The summed E-state index contributed by atoms with van der Waals surface area (Å²) in [5.74, 6) is -1.01. The van der Waals surface area contributed by atoms with E-state index in [0.29, 0.717) is 0 Å². The first-order chi connectivity index (χ1) is 9.79. The summed E-state index contributed by atoms with van der Waals surface area (Å²) in [5.41, 5.74) is 7.41. The summed E-state index contributed by atoms with van der Waals surface area (Å²) in [6.45, 7) is 1.98. The second kappa shape index (κ2) is 6.01. The third kappa shape index (κ3) is 3.72. The predicted octanol–water partition coefficient (Wildman–Crippen LogP) is 2.85. The molecule has 0 unspecified atom stereocenters. The van der Waals surface area contributed by atoms with Gasteiger partial charge in [0.2, 0.25) is 10.0 Å². The fourth-order valence-electron chi connectivity index (χ4n) is 1.74. The van der Waals surface area contributed by atoms with Crippen LogP contribution in [0.1, 0.15) is 11.1 Å². The Kier molecular flexibility index (Phi) is 4.51. The Morgan fingerprint density at radius 1 is 1.24 bits per heavy atom. The molecule has 0 aliphatic carbocycles. The first-order valence-electron chi connectivity index (χ1n) is 6.09. The zero-order valence-corrected chi connectivity index (χ0v) is 12.8. The Hall–Kier alpha value is -1.63. The molecule has 0 atom stereocenters. The van der Waals surface area contributed by atoms with Crippen LogP contribution in [0.2, 0.25) is 5.02 Å². The number of nitrogens with one attached hydrogen (secondary N) is 1. The number of aryl methyl sites for hydroxylation is 1. The zero-order valence-electron chi connectivity index (χ0n) is 11.2. The van der Waals surface area contributed by atoms with Crippen molar-refractivity contribution < 1.29 is 12.8 Å². The molecular formula is C14H14ClFN2O2S. The van der Waals surface area contributed by atoms with E-state index in [-0.39, 0.29) is 17.3 Å². The zero-order chi connectivity index (χ0) is 15.6. The third-order valence-electron chi connectivity index (χ3n) is 2.89. The number of anilines is 1. The topological polar surface area (TPSA) is 72.2 Å². The lowest BCUT2D eigenvalue weighted by Crippen LogP contribution is -2.24. The Morgan fingerprint density at radius 2 is 1.86 bits per heavy atom. The first-order valence-corrected chi connectivity index (χ1v) is 7.95. The molecule has 0 saturated heterocycles. The van der Waals surface area contributed by atoms with E-state index in [2.05, 4.69) is 4.72 Å². The SMILES string of the molecule is Cc1ccc(CNS(=O)(=O)c2cc(N)cc(Cl)c2F)cc1. The van der Waals surface area contributed by atoms with Gasteiger partial charge in [0.25, 0.3) is 0 Å². The minimum atomic E-state index is -4.03. The van der Waals surface area contributed by atoms with Gasteiger partial charge in [-0.3, -0.25) is 0 Å². The maximum atomic E-state index is 13.8. The second-order valence-electron chi connectivity index (χ2n) is 4.62. The largest absolute Gasteiger partial charge is 0.399 e. The van der Waals surface area contributed by atoms with E-state index in [1.165, 1.54) is 0 Å². The number of hydrogen-bond donors (Lipinski definition) is 2. The number of sulfonamides is 1. The molecule has 0 heterocycles. The molecule has 112 valence electrons. The highest BCUT2D eigenvalue weighted by Crippen LogP contribution is 2.25. The van der Waals surface area contributed by atoms with E-state index in [1.807, 2.05) is 19.1 Å². The summed E-state index contributed by atoms with van der Waals surface area (Å²) in [6.07, 6.45) is 0. The van der Waals surface area contributed by atoms with E-state index in [0.717, 1.165) is 23.3 Å². The molecule has 0 amide bonds. The van der Waals surface area contributed by atoms with Crippen LogP contribution in [-0.2, 0) is 16.6 Å². The molecule has 0 spiro atoms. The molecule has 7 heteroatoms. The maximum Gasteiger partial charge on any atom is 0.243 e. The quantitative estimate of drug-likeness (QED) is 0.848. The Balaban J connectivity index is 2.25. The van der Waals surface area contributed by atoms with Gasteiger partial charge in [-0.1, -0.05) is 41.4 Å². The average molecular weight is 329 g/mol. The Labute approximate surface area is 127 Å². The molecule has 21 heavy (non-hydrogen) atoms. The summed E-state index contributed by atoms with van der Waals surface area (Å²) in [4.78, 5) is -0.556. The molecule has 2 rings (SSSR count). The minimum Gasteiger partial charge on any atom is -0.399 e. The lowest BCUT2D eigenvalue weighted by molar-refractivity contribution is 0.557. The van der Waals surface area contributed by atoms with Crippen molar-refractivity contribution >= 4 is 27.3 Å². The second-order valence-corrected chi connectivity index (χ2v) is 6.77. The lowest BCUT2D eigenvalue weighted by atomic mass is 10.2. The van der Waals surface area contributed by atoms with Gasteiger partial charge in [-0.25, -0.2) is 17.5 Å². The van der Waals surface area contributed by atoms with Crippen LogP contribution in [0.5, 0.6) is 0 Å². The summed E-state index contributed by atoms with van der Waals surface area (Å²) in [6, 6.07) is 9.51. The van der Waals surface area contributed by atoms with Crippen LogP contribution in [0.4, 0.5) is 10.1 Å². The van der Waals surface area contributed by atoms with Crippen molar-refractivity contribution in [3.63, 3.8) is 0 Å². The standard InChI is InChI=1S/C14H14ClFN2O2S/c1-9-2-4-10(5-3-9)8-18-21(19,20)13-7-11(17)6-12(15)14(13)16/h2-7,18H,8,17H2,1H3. The smallest absolute Gasteiger partial charge is 0.243 e. The lowest BCUT2D eigenvalue weighted by Gasteiger charge is -2.09. The highest BCUT2D eigenvalue weighted by atomic mass is 35.5. The van der Waals surface area contributed by atoms with E-state index < -0.39 is 20.7 Å². The van der Waals surface area contributed by atoms with E-state index >= 15 is 0 Å². The summed E-state index contributed by atoms with van der Waals surface area (Å²) in [7, 11) is -4.03. The highest BCUT2D eigenvalue weighted by molar-refractivity contribution is 7.89. The molecule has 4 nitrogen and oxygen atoms in total. The van der Waals surface area contributed by atoms with Crippen molar-refractivity contribution in [1.29, 1.82) is 0 Å². The van der Waals surface area contributed by atoms with Crippen LogP contribution >= 0.6 is 11.6 Å². The van der Waals surface area contributed by atoms with Crippen LogP contribution in [-0.4, -0.2) is 8.42 Å². The molecule has 0 aliphatic heterocycles. The van der Waals surface area contributed by atoms with Gasteiger partial charge in [-0.05, 0) is 24.6 Å². The van der Waals surface area contributed by atoms with Gasteiger partial charge in [0.15, 0.2) is 5.82 Å². The van der Waals surface area contributed by atoms with E-state index in [1.54, 1.807) is 12.1 Å². The van der Waals surface area contributed by atoms with Crippen molar-refractivity contribution in [3.8, 4) is 0 Å². The number of halogens is 2. The molecular weight excluding hydrogens is 315 g/mol. The highest BCUT2D eigenvalue weighted by Gasteiger charge is 2.21. The van der Waals surface area contributed by atoms with E-state index in [9.17, 15) is 12.8 Å². The molecule has 0 radical (unpaired) electrons. The van der Waals surface area contributed by atoms with Crippen LogP contribution in [0.3, 0.4) is 0 Å². The molecule has 0 saturated carbocycles. The van der Waals surface area contributed by atoms with Gasteiger partial charge >= 0.3 is 0 Å². The normalized spacial score (nSPS) is 11.6. The predicted molar refractivity (Wildman–Crippen MR) is 81.0 cm³/mol. The average Bonchev–Trinajstić information content (AvgIpc) is 2.42. The summed E-state index contributed by atoms with van der Waals surface area (Å²) < 4.78 is 40.4. The Bertz CT molecular complexity index is 761. The molecule has 3 N–H and O–H groups in total. The molecule has 0 fully saturated rings. The van der Waals surface area contributed by atoms with Crippen molar-refractivity contribution in [2.24, 2.45) is 0 Å². The summed E-state index contributed by atoms with van der Waals surface area (Å²) >= 11 is 5.61. The van der Waals surface area contributed by atoms with E-state index in [4.69, 9.17) is 17.3 Å². The number of nitrogens with two attached hydrogens (primary N) is 1.